The molecule has 0 radical (unpaired) electrons. The van der Waals surface area contributed by atoms with E-state index in [9.17, 15) is 4.79 Å². The number of carbonyl (C=O) groups is 1. The normalized spacial score (nSPS) is 12.2. The highest BCUT2D eigenvalue weighted by Gasteiger charge is 2.28. The van der Waals surface area contributed by atoms with Crippen LogP contribution in [0, 0.1) is 5.41 Å². The van der Waals surface area contributed by atoms with E-state index in [-0.39, 0.29) is 12.1 Å². The highest BCUT2D eigenvalue weighted by Crippen LogP contribution is 2.25. The van der Waals surface area contributed by atoms with Crippen LogP contribution in [0.25, 0.3) is 0 Å². The molecule has 0 spiro atoms. The number of carbonyl (C=O) groups excluding carboxylic acids is 1. The van der Waals surface area contributed by atoms with Crippen LogP contribution in [0.2, 0.25) is 0 Å². The lowest BCUT2D eigenvalue weighted by Gasteiger charge is -2.30. The molecule has 1 amide bonds. The van der Waals surface area contributed by atoms with Gasteiger partial charge < -0.3 is 15.8 Å². The zero-order valence-corrected chi connectivity index (χ0v) is 13.9. The lowest BCUT2D eigenvalue weighted by Crippen LogP contribution is -2.94. The smallest absolute Gasteiger partial charge is 0.255 e. The van der Waals surface area contributed by atoms with Gasteiger partial charge in [-0.05, 0) is 31.4 Å². The predicted octanol–water partition coefficient (Wildman–Crippen LogP) is 1.83. The number of para-hydroxylation sites is 1. The molecule has 0 atom stereocenters. The second-order valence-corrected chi connectivity index (χ2v) is 7.50. The van der Waals surface area contributed by atoms with Crippen LogP contribution < -0.4 is 15.8 Å². The van der Waals surface area contributed by atoms with Gasteiger partial charge in [-0.1, -0.05) is 32.9 Å². The molecule has 0 heterocycles. The molecule has 0 aliphatic rings. The third kappa shape index (κ3) is 7.14. The molecule has 1 aromatic rings. The molecule has 0 bridgehead atoms. The maximum absolute atomic E-state index is 10.8. The highest BCUT2D eigenvalue weighted by atomic mass is 16.5. The largest absolute Gasteiger partial charge is 0.483 e. The molecule has 0 fully saturated rings. The quantitative estimate of drug-likeness (QED) is 0.805. The SMILES string of the molecule is CC(C)(C)CC(C)(C)[NH2+]Cc1ccccc1OCC(N)=O. The molecule has 4 nitrogen and oxygen atoms in total. The molecule has 0 aromatic heterocycles. The molecule has 118 valence electrons. The van der Waals surface area contributed by atoms with Crippen molar-refractivity contribution in [1.29, 1.82) is 0 Å². The Morgan fingerprint density at radius 2 is 1.81 bits per heavy atom. The molecular weight excluding hydrogens is 264 g/mol. The summed E-state index contributed by atoms with van der Waals surface area (Å²) in [6, 6.07) is 7.79. The van der Waals surface area contributed by atoms with Crippen LogP contribution in [-0.4, -0.2) is 18.1 Å². The molecule has 0 saturated heterocycles. The number of hydrogen-bond acceptors (Lipinski definition) is 2. The molecular formula is C17H29N2O2+. The topological polar surface area (TPSA) is 68.9 Å². The standard InChI is InChI=1S/C17H28N2O2/c1-16(2,3)12-17(4,5)19-10-13-8-6-7-9-14(13)21-11-15(18)20/h6-9,19H,10-12H2,1-5H3,(H2,18,20)/p+1. The van der Waals surface area contributed by atoms with Crippen molar-refractivity contribution >= 4 is 5.91 Å². The molecule has 4 heteroatoms. The predicted molar refractivity (Wildman–Crippen MR) is 84.9 cm³/mol. The number of amides is 1. The van der Waals surface area contributed by atoms with E-state index in [1.54, 1.807) is 0 Å². The first-order valence-electron chi connectivity index (χ1n) is 7.42. The Morgan fingerprint density at radius 3 is 2.38 bits per heavy atom. The van der Waals surface area contributed by atoms with Gasteiger partial charge >= 0.3 is 0 Å². The number of benzene rings is 1. The van der Waals surface area contributed by atoms with E-state index in [1.807, 2.05) is 24.3 Å². The minimum atomic E-state index is -0.457. The molecule has 1 rings (SSSR count). The van der Waals surface area contributed by atoms with Crippen molar-refractivity contribution in [2.75, 3.05) is 6.61 Å². The first-order valence-corrected chi connectivity index (χ1v) is 7.42. The summed E-state index contributed by atoms with van der Waals surface area (Å²) in [4.78, 5) is 10.8. The highest BCUT2D eigenvalue weighted by molar-refractivity contribution is 5.75. The third-order valence-corrected chi connectivity index (χ3v) is 3.20. The summed E-state index contributed by atoms with van der Waals surface area (Å²) in [5.41, 5.74) is 6.66. The fourth-order valence-corrected chi connectivity index (χ4v) is 2.79. The number of nitrogens with two attached hydrogens (primary N) is 2. The van der Waals surface area contributed by atoms with Crippen molar-refractivity contribution in [2.45, 2.75) is 53.1 Å². The number of rotatable bonds is 7. The summed E-state index contributed by atoms with van der Waals surface area (Å²) in [6.45, 7) is 12.0. The Morgan fingerprint density at radius 1 is 1.19 bits per heavy atom. The average Bonchev–Trinajstić information content (AvgIpc) is 2.32. The van der Waals surface area contributed by atoms with E-state index >= 15 is 0 Å². The van der Waals surface area contributed by atoms with Crippen LogP contribution in [-0.2, 0) is 11.3 Å². The molecule has 21 heavy (non-hydrogen) atoms. The molecule has 1 aromatic carbocycles. The van der Waals surface area contributed by atoms with Gasteiger partial charge in [0, 0.05) is 12.0 Å². The lowest BCUT2D eigenvalue weighted by atomic mass is 9.82. The number of hydrogen-bond donors (Lipinski definition) is 2. The molecule has 4 N–H and O–H groups in total. The van der Waals surface area contributed by atoms with Crippen LogP contribution in [0.15, 0.2) is 24.3 Å². The van der Waals surface area contributed by atoms with Gasteiger partial charge in [-0.3, -0.25) is 4.79 Å². The Hall–Kier alpha value is -1.55. The van der Waals surface area contributed by atoms with Gasteiger partial charge in [0.25, 0.3) is 5.91 Å². The monoisotopic (exact) mass is 293 g/mol. The number of ether oxygens (including phenoxy) is 1. The first-order chi connectivity index (χ1) is 9.59. The maximum Gasteiger partial charge on any atom is 0.255 e. The molecule has 0 saturated carbocycles. The summed E-state index contributed by atoms with van der Waals surface area (Å²) in [5.74, 6) is 0.279. The van der Waals surface area contributed by atoms with E-state index in [4.69, 9.17) is 10.5 Å². The Balaban J connectivity index is 2.68. The van der Waals surface area contributed by atoms with Crippen molar-refractivity contribution in [3.63, 3.8) is 0 Å². The van der Waals surface area contributed by atoms with Crippen LogP contribution in [0.3, 0.4) is 0 Å². The molecule has 0 unspecified atom stereocenters. The van der Waals surface area contributed by atoms with E-state index in [1.165, 1.54) is 0 Å². The summed E-state index contributed by atoms with van der Waals surface area (Å²) in [6.07, 6.45) is 1.12. The second kappa shape index (κ2) is 6.94. The lowest BCUT2D eigenvalue weighted by molar-refractivity contribution is -0.737. The molecule has 0 aliphatic carbocycles. The van der Waals surface area contributed by atoms with Crippen LogP contribution in [0.4, 0.5) is 0 Å². The van der Waals surface area contributed by atoms with Gasteiger partial charge in [0.1, 0.15) is 12.3 Å². The van der Waals surface area contributed by atoms with Crippen LogP contribution >= 0.6 is 0 Å². The van der Waals surface area contributed by atoms with E-state index in [2.05, 4.69) is 39.9 Å². The first kappa shape index (κ1) is 17.5. The minimum Gasteiger partial charge on any atom is -0.483 e. The summed E-state index contributed by atoms with van der Waals surface area (Å²) in [7, 11) is 0. The fourth-order valence-electron chi connectivity index (χ4n) is 2.79. The maximum atomic E-state index is 10.8. The van der Waals surface area contributed by atoms with Gasteiger partial charge in [-0.25, -0.2) is 0 Å². The Kier molecular flexibility index (Phi) is 5.78. The van der Waals surface area contributed by atoms with Gasteiger partial charge in [0.05, 0.1) is 5.54 Å². The number of primary amides is 1. The Labute approximate surface area is 128 Å². The van der Waals surface area contributed by atoms with Gasteiger partial charge in [-0.2, -0.15) is 0 Å². The van der Waals surface area contributed by atoms with Crippen LogP contribution in [0.5, 0.6) is 5.75 Å². The van der Waals surface area contributed by atoms with Crippen molar-refractivity contribution < 1.29 is 14.8 Å². The van der Waals surface area contributed by atoms with Crippen molar-refractivity contribution in [1.82, 2.24) is 0 Å². The van der Waals surface area contributed by atoms with Gasteiger partial charge in [0.15, 0.2) is 6.61 Å². The van der Waals surface area contributed by atoms with Crippen molar-refractivity contribution in [3.05, 3.63) is 29.8 Å². The zero-order chi connectivity index (χ0) is 16.1. The summed E-state index contributed by atoms with van der Waals surface area (Å²) >= 11 is 0. The fraction of sp³-hybridized carbons (Fsp3) is 0.588. The minimum absolute atomic E-state index is 0.0810. The summed E-state index contributed by atoms with van der Waals surface area (Å²) in [5, 5.41) is 2.32. The van der Waals surface area contributed by atoms with Gasteiger partial charge in [0.2, 0.25) is 0 Å². The van der Waals surface area contributed by atoms with Crippen LogP contribution in [0.1, 0.15) is 46.6 Å². The van der Waals surface area contributed by atoms with Crippen molar-refractivity contribution in [3.8, 4) is 5.75 Å². The van der Waals surface area contributed by atoms with Crippen molar-refractivity contribution in [2.24, 2.45) is 11.1 Å². The molecule has 0 aliphatic heterocycles. The second-order valence-electron chi connectivity index (χ2n) is 7.50. The van der Waals surface area contributed by atoms with E-state index in [0.717, 1.165) is 24.3 Å². The van der Waals surface area contributed by atoms with Gasteiger partial charge in [-0.15, -0.1) is 0 Å². The third-order valence-electron chi connectivity index (χ3n) is 3.20. The summed E-state index contributed by atoms with van der Waals surface area (Å²) < 4.78 is 5.47. The number of quaternary nitrogens is 1. The average molecular weight is 293 g/mol. The van der Waals surface area contributed by atoms with E-state index in [0.29, 0.717) is 5.41 Å². The zero-order valence-electron chi connectivity index (χ0n) is 13.9. The van der Waals surface area contributed by atoms with E-state index < -0.39 is 5.91 Å². The Bertz CT molecular complexity index is 476.